The SMILES string of the molecule is C/C=C(\C(C)N)C1CCCC[C@H](C)C1. The van der Waals surface area contributed by atoms with Crippen molar-refractivity contribution in [3.63, 3.8) is 0 Å². The Morgan fingerprint density at radius 3 is 2.57 bits per heavy atom. The molecular formula is C13H25N. The zero-order chi connectivity index (χ0) is 10.6. The maximum absolute atomic E-state index is 6.01. The van der Waals surface area contributed by atoms with E-state index in [1.165, 1.54) is 37.7 Å². The van der Waals surface area contributed by atoms with Crippen LogP contribution in [0.5, 0.6) is 0 Å². The van der Waals surface area contributed by atoms with Crippen molar-refractivity contribution in [1.82, 2.24) is 0 Å². The molecule has 1 saturated carbocycles. The highest BCUT2D eigenvalue weighted by atomic mass is 14.6. The fourth-order valence-corrected chi connectivity index (χ4v) is 2.78. The molecule has 1 aliphatic rings. The summed E-state index contributed by atoms with van der Waals surface area (Å²) in [5.41, 5.74) is 7.49. The van der Waals surface area contributed by atoms with E-state index in [0.29, 0.717) is 0 Å². The van der Waals surface area contributed by atoms with Crippen LogP contribution in [-0.4, -0.2) is 6.04 Å². The Bertz CT molecular complexity index is 193. The predicted molar refractivity (Wildman–Crippen MR) is 63.1 cm³/mol. The minimum absolute atomic E-state index is 0.246. The first-order chi connectivity index (χ1) is 6.65. The monoisotopic (exact) mass is 195 g/mol. The summed E-state index contributed by atoms with van der Waals surface area (Å²) in [6.45, 7) is 6.63. The van der Waals surface area contributed by atoms with Crippen LogP contribution in [0.4, 0.5) is 0 Å². The van der Waals surface area contributed by atoms with Crippen molar-refractivity contribution >= 4 is 0 Å². The molecule has 0 spiro atoms. The molecule has 0 aromatic heterocycles. The standard InChI is InChI=1S/C13H25N/c1-4-13(11(3)14)12-8-6-5-7-10(2)9-12/h4,10-12H,5-9,14H2,1-3H3/b13-4+/t10-,11?,12?/m0/s1. The Labute approximate surface area is 88.8 Å². The van der Waals surface area contributed by atoms with Gasteiger partial charge in [0.05, 0.1) is 0 Å². The van der Waals surface area contributed by atoms with Crippen LogP contribution in [-0.2, 0) is 0 Å². The van der Waals surface area contributed by atoms with E-state index in [9.17, 15) is 0 Å². The molecule has 0 bridgehead atoms. The fraction of sp³-hybridized carbons (Fsp3) is 0.846. The van der Waals surface area contributed by atoms with E-state index in [2.05, 4.69) is 26.8 Å². The van der Waals surface area contributed by atoms with Gasteiger partial charge in [-0.3, -0.25) is 0 Å². The first-order valence-corrected chi connectivity index (χ1v) is 6.06. The molecule has 0 aliphatic heterocycles. The smallest absolute Gasteiger partial charge is 0.0227 e. The molecule has 1 aliphatic carbocycles. The van der Waals surface area contributed by atoms with Gasteiger partial charge in [-0.25, -0.2) is 0 Å². The molecule has 2 unspecified atom stereocenters. The molecule has 3 atom stereocenters. The largest absolute Gasteiger partial charge is 0.324 e. The summed E-state index contributed by atoms with van der Waals surface area (Å²) in [6.07, 6.45) is 9.15. The Kier molecular flexibility index (Phi) is 4.67. The van der Waals surface area contributed by atoms with E-state index in [-0.39, 0.29) is 6.04 Å². The molecule has 1 heteroatoms. The maximum Gasteiger partial charge on any atom is 0.0227 e. The molecule has 0 aromatic carbocycles. The molecule has 0 saturated heterocycles. The lowest BCUT2D eigenvalue weighted by molar-refractivity contribution is 0.425. The first-order valence-electron chi connectivity index (χ1n) is 6.06. The lowest BCUT2D eigenvalue weighted by Crippen LogP contribution is -2.24. The van der Waals surface area contributed by atoms with E-state index in [0.717, 1.165) is 11.8 Å². The van der Waals surface area contributed by atoms with Crippen molar-refractivity contribution in [3.8, 4) is 0 Å². The van der Waals surface area contributed by atoms with E-state index in [1.807, 2.05) is 0 Å². The van der Waals surface area contributed by atoms with Gasteiger partial charge in [0.25, 0.3) is 0 Å². The Hall–Kier alpha value is -0.300. The number of rotatable bonds is 2. The average Bonchev–Trinajstić information content (AvgIpc) is 2.31. The topological polar surface area (TPSA) is 26.0 Å². The second-order valence-electron chi connectivity index (χ2n) is 4.90. The lowest BCUT2D eigenvalue weighted by Gasteiger charge is -2.23. The van der Waals surface area contributed by atoms with Crippen LogP contribution in [0, 0.1) is 11.8 Å². The van der Waals surface area contributed by atoms with Crippen LogP contribution in [0.25, 0.3) is 0 Å². The van der Waals surface area contributed by atoms with Crippen molar-refractivity contribution in [2.45, 2.75) is 58.9 Å². The van der Waals surface area contributed by atoms with Crippen LogP contribution in [0.3, 0.4) is 0 Å². The van der Waals surface area contributed by atoms with Crippen molar-refractivity contribution in [2.75, 3.05) is 0 Å². The van der Waals surface area contributed by atoms with Gasteiger partial charge in [-0.1, -0.05) is 37.8 Å². The Balaban J connectivity index is 2.64. The van der Waals surface area contributed by atoms with Gasteiger partial charge in [0.1, 0.15) is 0 Å². The molecule has 0 amide bonds. The summed E-state index contributed by atoms with van der Waals surface area (Å²) in [4.78, 5) is 0. The summed E-state index contributed by atoms with van der Waals surface area (Å²) >= 11 is 0. The van der Waals surface area contributed by atoms with E-state index < -0.39 is 0 Å². The van der Waals surface area contributed by atoms with Gasteiger partial charge in [-0.05, 0) is 38.5 Å². The fourth-order valence-electron chi connectivity index (χ4n) is 2.78. The summed E-state index contributed by atoms with van der Waals surface area (Å²) < 4.78 is 0. The van der Waals surface area contributed by atoms with Crippen molar-refractivity contribution in [1.29, 1.82) is 0 Å². The van der Waals surface area contributed by atoms with Gasteiger partial charge in [0.15, 0.2) is 0 Å². The van der Waals surface area contributed by atoms with E-state index >= 15 is 0 Å². The average molecular weight is 195 g/mol. The van der Waals surface area contributed by atoms with Crippen LogP contribution in [0.15, 0.2) is 11.6 Å². The lowest BCUT2D eigenvalue weighted by atomic mass is 9.85. The van der Waals surface area contributed by atoms with Gasteiger partial charge in [0.2, 0.25) is 0 Å². The highest BCUT2D eigenvalue weighted by Gasteiger charge is 2.21. The van der Waals surface area contributed by atoms with Crippen molar-refractivity contribution in [3.05, 3.63) is 11.6 Å². The molecule has 14 heavy (non-hydrogen) atoms. The van der Waals surface area contributed by atoms with Gasteiger partial charge < -0.3 is 5.73 Å². The van der Waals surface area contributed by atoms with Crippen molar-refractivity contribution in [2.24, 2.45) is 17.6 Å². The third-order valence-corrected chi connectivity index (χ3v) is 3.52. The summed E-state index contributed by atoms with van der Waals surface area (Å²) in [5.74, 6) is 1.65. The van der Waals surface area contributed by atoms with Crippen LogP contribution < -0.4 is 5.73 Å². The number of allylic oxidation sites excluding steroid dienone is 1. The van der Waals surface area contributed by atoms with Crippen LogP contribution in [0.2, 0.25) is 0 Å². The molecule has 0 aromatic rings. The van der Waals surface area contributed by atoms with Gasteiger partial charge in [0, 0.05) is 6.04 Å². The minimum Gasteiger partial charge on any atom is -0.324 e. The Morgan fingerprint density at radius 1 is 1.36 bits per heavy atom. The third-order valence-electron chi connectivity index (χ3n) is 3.52. The van der Waals surface area contributed by atoms with Crippen molar-refractivity contribution < 1.29 is 0 Å². The number of nitrogens with two attached hydrogens (primary N) is 1. The van der Waals surface area contributed by atoms with E-state index in [4.69, 9.17) is 5.73 Å². The minimum atomic E-state index is 0.246. The third kappa shape index (κ3) is 3.13. The quantitative estimate of drug-likeness (QED) is 0.529. The summed E-state index contributed by atoms with van der Waals surface area (Å²) in [5, 5.41) is 0. The zero-order valence-electron chi connectivity index (χ0n) is 9.92. The second-order valence-corrected chi connectivity index (χ2v) is 4.90. The highest BCUT2D eigenvalue weighted by Crippen LogP contribution is 2.32. The van der Waals surface area contributed by atoms with Crippen LogP contribution >= 0.6 is 0 Å². The summed E-state index contributed by atoms with van der Waals surface area (Å²) in [6, 6.07) is 0.246. The molecule has 2 N–H and O–H groups in total. The molecule has 82 valence electrons. The first kappa shape index (κ1) is 11.8. The molecule has 1 fully saturated rings. The molecule has 1 nitrogen and oxygen atoms in total. The molecule has 0 radical (unpaired) electrons. The Morgan fingerprint density at radius 2 is 2.00 bits per heavy atom. The molecule has 0 heterocycles. The maximum atomic E-state index is 6.01. The second kappa shape index (κ2) is 5.55. The highest BCUT2D eigenvalue weighted by molar-refractivity contribution is 5.12. The molecule has 1 rings (SSSR count). The van der Waals surface area contributed by atoms with Crippen LogP contribution in [0.1, 0.15) is 52.9 Å². The van der Waals surface area contributed by atoms with Gasteiger partial charge in [-0.15, -0.1) is 0 Å². The summed E-state index contributed by atoms with van der Waals surface area (Å²) in [7, 11) is 0. The normalized spacial score (nSPS) is 32.4. The zero-order valence-corrected chi connectivity index (χ0v) is 9.92. The van der Waals surface area contributed by atoms with E-state index in [1.54, 1.807) is 0 Å². The molecular weight excluding hydrogens is 170 g/mol. The number of hydrogen-bond donors (Lipinski definition) is 1. The number of hydrogen-bond acceptors (Lipinski definition) is 1. The van der Waals surface area contributed by atoms with Gasteiger partial charge in [-0.2, -0.15) is 0 Å². The van der Waals surface area contributed by atoms with Gasteiger partial charge >= 0.3 is 0 Å². The predicted octanol–water partition coefficient (Wildman–Crippen LogP) is 3.50.